The molecule has 0 spiro atoms. The molecule has 0 atom stereocenters. The fraction of sp³-hybridized carbons (Fsp3) is 0.375. The summed E-state index contributed by atoms with van der Waals surface area (Å²) in [4.78, 5) is 24.1. The third-order valence-corrected chi connectivity index (χ3v) is 4.19. The molecule has 0 unspecified atom stereocenters. The predicted octanol–water partition coefficient (Wildman–Crippen LogP) is 2.95. The van der Waals surface area contributed by atoms with Crippen LogP contribution in [-0.2, 0) is 4.79 Å². The molecule has 0 bridgehead atoms. The van der Waals surface area contributed by atoms with Crippen molar-refractivity contribution in [1.82, 2.24) is 5.32 Å². The second-order valence-electron chi connectivity index (χ2n) is 5.55. The Morgan fingerprint density at radius 1 is 1.14 bits per heavy atom. The van der Waals surface area contributed by atoms with Crippen LogP contribution in [0.25, 0.3) is 11.0 Å². The standard InChI is InChI=1S/C16H17NO4/c18-14(12-10-21-13-7-3-2-6-11(12)13)17-16(15(19)20)8-4-1-5-9-16/h2-3,6-7,10H,1,4-5,8-9H2,(H,17,18)(H,19,20). The molecule has 21 heavy (non-hydrogen) atoms. The van der Waals surface area contributed by atoms with Gasteiger partial charge in [0.1, 0.15) is 17.4 Å². The van der Waals surface area contributed by atoms with Crippen molar-refractivity contribution >= 4 is 22.8 Å². The number of furan rings is 1. The molecule has 0 radical (unpaired) electrons. The number of carbonyl (C=O) groups is 2. The molecule has 1 aliphatic carbocycles. The minimum Gasteiger partial charge on any atom is -0.480 e. The second kappa shape index (κ2) is 5.24. The number of aliphatic carboxylic acids is 1. The lowest BCUT2D eigenvalue weighted by atomic mass is 9.81. The molecule has 0 saturated heterocycles. The molecule has 3 rings (SSSR count). The molecule has 110 valence electrons. The van der Waals surface area contributed by atoms with Gasteiger partial charge < -0.3 is 14.8 Å². The van der Waals surface area contributed by atoms with E-state index in [2.05, 4.69) is 5.32 Å². The monoisotopic (exact) mass is 287 g/mol. The number of amides is 1. The van der Waals surface area contributed by atoms with Crippen LogP contribution in [0.3, 0.4) is 0 Å². The van der Waals surface area contributed by atoms with Crippen molar-refractivity contribution in [1.29, 1.82) is 0 Å². The Labute approximate surface area is 121 Å². The topological polar surface area (TPSA) is 79.5 Å². The summed E-state index contributed by atoms with van der Waals surface area (Å²) in [7, 11) is 0. The van der Waals surface area contributed by atoms with Crippen molar-refractivity contribution < 1.29 is 19.1 Å². The Morgan fingerprint density at radius 3 is 2.57 bits per heavy atom. The highest BCUT2D eigenvalue weighted by molar-refractivity contribution is 6.07. The van der Waals surface area contributed by atoms with Crippen molar-refractivity contribution in [3.63, 3.8) is 0 Å². The van der Waals surface area contributed by atoms with Gasteiger partial charge in [0.25, 0.3) is 5.91 Å². The summed E-state index contributed by atoms with van der Waals surface area (Å²) in [6, 6.07) is 7.22. The van der Waals surface area contributed by atoms with Gasteiger partial charge in [-0.15, -0.1) is 0 Å². The Kier molecular flexibility index (Phi) is 3.41. The zero-order valence-corrected chi connectivity index (χ0v) is 11.6. The van der Waals surface area contributed by atoms with Gasteiger partial charge in [-0.05, 0) is 18.9 Å². The van der Waals surface area contributed by atoms with E-state index in [-0.39, 0.29) is 5.91 Å². The second-order valence-corrected chi connectivity index (χ2v) is 5.55. The fourth-order valence-corrected chi connectivity index (χ4v) is 2.99. The third-order valence-electron chi connectivity index (χ3n) is 4.19. The van der Waals surface area contributed by atoms with Crippen LogP contribution in [0.4, 0.5) is 0 Å². The summed E-state index contributed by atoms with van der Waals surface area (Å²) >= 11 is 0. The molecule has 2 aromatic rings. The van der Waals surface area contributed by atoms with Gasteiger partial charge >= 0.3 is 5.97 Å². The first-order valence-electron chi connectivity index (χ1n) is 7.14. The summed E-state index contributed by atoms with van der Waals surface area (Å²) in [6.07, 6.45) is 4.99. The van der Waals surface area contributed by atoms with Crippen molar-refractivity contribution in [2.75, 3.05) is 0 Å². The van der Waals surface area contributed by atoms with E-state index in [0.717, 1.165) is 19.3 Å². The lowest BCUT2D eigenvalue weighted by Gasteiger charge is -2.33. The number of nitrogens with one attached hydrogen (secondary N) is 1. The number of para-hydroxylation sites is 1. The van der Waals surface area contributed by atoms with E-state index in [0.29, 0.717) is 29.4 Å². The number of rotatable bonds is 3. The molecule has 1 aromatic carbocycles. The number of carboxylic acids is 1. The van der Waals surface area contributed by atoms with E-state index in [4.69, 9.17) is 4.42 Å². The van der Waals surface area contributed by atoms with E-state index in [1.807, 2.05) is 12.1 Å². The molecule has 1 fully saturated rings. The van der Waals surface area contributed by atoms with Crippen molar-refractivity contribution in [3.8, 4) is 0 Å². The van der Waals surface area contributed by atoms with Crippen LogP contribution in [0.1, 0.15) is 42.5 Å². The molecular formula is C16H17NO4. The quantitative estimate of drug-likeness (QED) is 0.909. The highest BCUT2D eigenvalue weighted by Crippen LogP contribution is 2.29. The Balaban J connectivity index is 1.89. The number of hydrogen-bond donors (Lipinski definition) is 2. The maximum absolute atomic E-state index is 12.5. The van der Waals surface area contributed by atoms with Crippen LogP contribution in [0, 0.1) is 0 Å². The molecule has 0 aliphatic heterocycles. The van der Waals surface area contributed by atoms with E-state index in [1.54, 1.807) is 12.1 Å². The van der Waals surface area contributed by atoms with Gasteiger partial charge in [0.15, 0.2) is 0 Å². The SMILES string of the molecule is O=C(NC1(C(=O)O)CCCCC1)c1coc2ccccc12. The third kappa shape index (κ3) is 2.39. The first kappa shape index (κ1) is 13.7. The van der Waals surface area contributed by atoms with Gasteiger partial charge in [0.2, 0.25) is 0 Å². The molecule has 5 nitrogen and oxygen atoms in total. The van der Waals surface area contributed by atoms with Gasteiger partial charge in [0, 0.05) is 5.39 Å². The van der Waals surface area contributed by atoms with Gasteiger partial charge in [-0.3, -0.25) is 4.79 Å². The van der Waals surface area contributed by atoms with Crippen LogP contribution < -0.4 is 5.32 Å². The number of benzene rings is 1. The number of carbonyl (C=O) groups excluding carboxylic acids is 1. The first-order chi connectivity index (χ1) is 10.1. The molecular weight excluding hydrogens is 270 g/mol. The Bertz CT molecular complexity index is 682. The van der Waals surface area contributed by atoms with E-state index in [9.17, 15) is 14.7 Å². The average Bonchev–Trinajstić information content (AvgIpc) is 2.92. The number of carboxylic acid groups (broad SMARTS) is 1. The highest BCUT2D eigenvalue weighted by Gasteiger charge is 2.41. The lowest BCUT2D eigenvalue weighted by molar-refractivity contribution is -0.145. The van der Waals surface area contributed by atoms with Crippen LogP contribution in [-0.4, -0.2) is 22.5 Å². The maximum Gasteiger partial charge on any atom is 0.329 e. The van der Waals surface area contributed by atoms with E-state index in [1.165, 1.54) is 6.26 Å². The largest absolute Gasteiger partial charge is 0.480 e. The van der Waals surface area contributed by atoms with Crippen molar-refractivity contribution in [3.05, 3.63) is 36.1 Å². The summed E-state index contributed by atoms with van der Waals surface area (Å²) in [6.45, 7) is 0. The summed E-state index contributed by atoms with van der Waals surface area (Å²) < 4.78 is 5.34. The summed E-state index contributed by atoms with van der Waals surface area (Å²) in [5.41, 5.74) is -0.138. The molecule has 1 aromatic heterocycles. The predicted molar refractivity (Wildman–Crippen MR) is 77.1 cm³/mol. The van der Waals surface area contributed by atoms with Crippen LogP contribution in [0.5, 0.6) is 0 Å². The van der Waals surface area contributed by atoms with Crippen LogP contribution in [0.2, 0.25) is 0 Å². The number of fused-ring (bicyclic) bond motifs is 1. The fourth-order valence-electron chi connectivity index (χ4n) is 2.99. The van der Waals surface area contributed by atoms with Gasteiger partial charge in [-0.25, -0.2) is 4.79 Å². The van der Waals surface area contributed by atoms with Crippen LogP contribution >= 0.6 is 0 Å². The zero-order chi connectivity index (χ0) is 14.9. The van der Waals surface area contributed by atoms with Crippen molar-refractivity contribution in [2.45, 2.75) is 37.6 Å². The minimum absolute atomic E-state index is 0.385. The van der Waals surface area contributed by atoms with Crippen molar-refractivity contribution in [2.24, 2.45) is 0 Å². The summed E-state index contributed by atoms with van der Waals surface area (Å²) in [5.74, 6) is -1.34. The smallest absolute Gasteiger partial charge is 0.329 e. The molecule has 1 heterocycles. The summed E-state index contributed by atoms with van der Waals surface area (Å²) in [5, 5.41) is 12.9. The first-order valence-corrected chi connectivity index (χ1v) is 7.14. The van der Waals surface area contributed by atoms with Crippen LogP contribution in [0.15, 0.2) is 34.9 Å². The van der Waals surface area contributed by atoms with E-state index >= 15 is 0 Å². The molecule has 2 N–H and O–H groups in total. The average molecular weight is 287 g/mol. The minimum atomic E-state index is -1.15. The van der Waals surface area contributed by atoms with Gasteiger partial charge in [-0.1, -0.05) is 37.5 Å². The maximum atomic E-state index is 12.5. The van der Waals surface area contributed by atoms with Gasteiger partial charge in [-0.2, -0.15) is 0 Å². The van der Waals surface area contributed by atoms with E-state index < -0.39 is 11.5 Å². The Hall–Kier alpha value is -2.30. The molecule has 1 aliphatic rings. The Morgan fingerprint density at radius 2 is 1.86 bits per heavy atom. The normalized spacial score (nSPS) is 17.5. The molecule has 1 saturated carbocycles. The highest BCUT2D eigenvalue weighted by atomic mass is 16.4. The lowest BCUT2D eigenvalue weighted by Crippen LogP contribution is -2.55. The zero-order valence-electron chi connectivity index (χ0n) is 11.6. The molecule has 1 amide bonds. The van der Waals surface area contributed by atoms with Gasteiger partial charge in [0.05, 0.1) is 5.56 Å². The number of hydrogen-bond acceptors (Lipinski definition) is 3. The molecule has 5 heteroatoms.